The van der Waals surface area contributed by atoms with Crippen LogP contribution in [0.25, 0.3) is 0 Å². The molecule has 0 N–H and O–H groups in total. The van der Waals surface area contributed by atoms with Gasteiger partial charge in [-0.15, -0.1) is 0 Å². The molecule has 0 atom stereocenters. The van der Waals surface area contributed by atoms with Gasteiger partial charge >= 0.3 is 0 Å². The molecular weight excluding hydrogens is 665 g/mol. The van der Waals surface area contributed by atoms with Crippen LogP contribution in [0.15, 0.2) is 58.5 Å². The predicted molar refractivity (Wildman–Crippen MR) is 250 cm³/mol. The maximum Gasteiger partial charge on any atom is 0.0848 e. The van der Waals surface area contributed by atoms with Crippen molar-refractivity contribution in [2.75, 3.05) is 0 Å². The Morgan fingerprint density at radius 2 is 0.782 bits per heavy atom. The van der Waals surface area contributed by atoms with E-state index in [1.54, 1.807) is 0 Å². The smallest absolute Gasteiger partial charge is 0.0848 e. The maximum absolute atomic E-state index is 5.44. The molecule has 0 aliphatic rings. The van der Waals surface area contributed by atoms with Crippen LogP contribution >= 0.6 is 0 Å². The van der Waals surface area contributed by atoms with E-state index < -0.39 is 0 Å². The molecule has 0 radical (unpaired) electrons. The molecule has 2 aromatic carbocycles. The lowest BCUT2D eigenvalue weighted by Crippen LogP contribution is -2.12. The fourth-order valence-electron chi connectivity index (χ4n) is 7.69. The molecule has 2 nitrogen and oxygen atoms in total. The molecule has 0 spiro atoms. The number of allylic oxidation sites excluding steroid dienone is 2. The second kappa shape index (κ2) is 33.6. The van der Waals surface area contributed by atoms with Crippen LogP contribution in [0.3, 0.4) is 0 Å². The van der Waals surface area contributed by atoms with Gasteiger partial charge in [-0.05, 0) is 130 Å². The Morgan fingerprint density at radius 3 is 1.22 bits per heavy atom. The molecule has 55 heavy (non-hydrogen) atoms. The Morgan fingerprint density at radius 1 is 0.400 bits per heavy atom. The molecule has 0 aliphatic heterocycles. The lowest BCUT2D eigenvalue weighted by molar-refractivity contribution is 0.533. The zero-order chi connectivity index (χ0) is 39.6. The van der Waals surface area contributed by atoms with Crippen molar-refractivity contribution in [3.8, 4) is 0 Å². The second-order valence-corrected chi connectivity index (χ2v) is 16.6. The van der Waals surface area contributed by atoms with Crippen molar-refractivity contribution >= 4 is 22.8 Å². The molecule has 0 fully saturated rings. The topological polar surface area (TPSA) is 24.7 Å². The van der Waals surface area contributed by atoms with Crippen molar-refractivity contribution in [3.63, 3.8) is 0 Å². The summed E-state index contributed by atoms with van der Waals surface area (Å²) >= 11 is 0. The van der Waals surface area contributed by atoms with Gasteiger partial charge in [0.2, 0.25) is 0 Å². The predicted octanol–water partition coefficient (Wildman–Crippen LogP) is 17.9. The Balaban J connectivity index is 2.20. The van der Waals surface area contributed by atoms with E-state index in [0.29, 0.717) is 0 Å². The molecule has 0 saturated carbocycles. The minimum absolute atomic E-state index is 0.956. The van der Waals surface area contributed by atoms with Crippen LogP contribution in [0.5, 0.6) is 0 Å². The number of nitrogens with zero attached hydrogens (tertiary/aromatic N) is 2. The average molecular weight is 753 g/mol. The summed E-state index contributed by atoms with van der Waals surface area (Å²) < 4.78 is 0. The molecule has 0 bridgehead atoms. The van der Waals surface area contributed by atoms with E-state index in [1.807, 2.05) is 0 Å². The van der Waals surface area contributed by atoms with E-state index in [-0.39, 0.29) is 0 Å². The Bertz CT molecular complexity index is 1310. The van der Waals surface area contributed by atoms with Crippen molar-refractivity contribution in [2.24, 2.45) is 9.98 Å². The first-order valence-electron chi connectivity index (χ1n) is 24.2. The molecule has 0 saturated heterocycles. The number of hydrogen-bond acceptors (Lipinski definition) is 2. The monoisotopic (exact) mass is 753 g/mol. The molecule has 0 amide bonds. The largest absolute Gasteiger partial charge is 0.251 e. The quantitative estimate of drug-likeness (QED) is 0.0495. The van der Waals surface area contributed by atoms with Crippen LogP contribution in [0.4, 0.5) is 11.4 Å². The Hall–Kier alpha value is -2.48. The van der Waals surface area contributed by atoms with Crippen LogP contribution in [0, 0.1) is 0 Å². The summed E-state index contributed by atoms with van der Waals surface area (Å²) in [6.07, 6.45) is 44.7. The van der Waals surface area contributed by atoms with Gasteiger partial charge in [-0.1, -0.05) is 182 Å². The molecule has 0 aromatic heterocycles. The average Bonchev–Trinajstić information content (AvgIpc) is 3.20. The van der Waals surface area contributed by atoms with E-state index in [4.69, 9.17) is 9.98 Å². The van der Waals surface area contributed by atoms with Crippen molar-refractivity contribution in [1.82, 2.24) is 0 Å². The van der Waals surface area contributed by atoms with E-state index in [0.717, 1.165) is 61.3 Å². The highest BCUT2D eigenvalue weighted by molar-refractivity contribution is 6.47. The van der Waals surface area contributed by atoms with Gasteiger partial charge in [0.25, 0.3) is 0 Å². The first-order valence-corrected chi connectivity index (χ1v) is 24.2. The summed E-state index contributed by atoms with van der Waals surface area (Å²) in [4.78, 5) is 10.9. The number of unbranched alkanes of at least 4 members (excludes halogenated alkanes) is 20. The highest BCUT2D eigenvalue weighted by atomic mass is 14.8. The number of hydrogen-bond donors (Lipinski definition) is 0. The number of rotatable bonds is 35. The van der Waals surface area contributed by atoms with E-state index in [1.165, 1.54) is 183 Å². The maximum atomic E-state index is 5.44. The summed E-state index contributed by atoms with van der Waals surface area (Å²) in [5, 5.41) is 0. The van der Waals surface area contributed by atoms with E-state index >= 15 is 0 Å². The third-order valence-corrected chi connectivity index (χ3v) is 11.4. The van der Waals surface area contributed by atoms with Gasteiger partial charge in [-0.3, -0.25) is 4.99 Å². The summed E-state index contributed by atoms with van der Waals surface area (Å²) in [7, 11) is 0. The molecular formula is C53H88N2. The van der Waals surface area contributed by atoms with Crippen LogP contribution < -0.4 is 0 Å². The summed E-state index contributed by atoms with van der Waals surface area (Å²) in [5.41, 5.74) is 10.4. The highest BCUT2D eigenvalue weighted by Crippen LogP contribution is 2.26. The van der Waals surface area contributed by atoms with Gasteiger partial charge in [-0.2, -0.15) is 0 Å². The van der Waals surface area contributed by atoms with Crippen molar-refractivity contribution in [3.05, 3.63) is 70.8 Å². The normalized spacial score (nSPS) is 12.4. The third kappa shape index (κ3) is 22.8. The Labute approximate surface area is 343 Å². The minimum atomic E-state index is 0.956. The molecule has 0 unspecified atom stereocenters. The van der Waals surface area contributed by atoms with Gasteiger partial charge < -0.3 is 0 Å². The van der Waals surface area contributed by atoms with Crippen LogP contribution in [0.1, 0.15) is 237 Å². The summed E-state index contributed by atoms with van der Waals surface area (Å²) in [6.45, 7) is 13.8. The highest BCUT2D eigenvalue weighted by Gasteiger charge is 2.11. The molecule has 310 valence electrons. The lowest BCUT2D eigenvalue weighted by Gasteiger charge is -2.13. The molecule has 0 aliphatic carbocycles. The lowest BCUT2D eigenvalue weighted by atomic mass is 9.97. The van der Waals surface area contributed by atoms with Gasteiger partial charge in [0.15, 0.2) is 0 Å². The fraction of sp³-hybridized carbons (Fsp3) is 0.698. The molecule has 2 rings (SSSR count). The first-order chi connectivity index (χ1) is 27.1. The van der Waals surface area contributed by atoms with Gasteiger partial charge in [0.1, 0.15) is 0 Å². The SMILES string of the molecule is CCCCCCCCCCCCCCCCCC=CC(=Nc1ccc(CCCC)c(CCCC)c1)C(CCCC)=Nc1ccc(CCCC)c(CCCC)c1. The zero-order valence-corrected chi connectivity index (χ0v) is 37.4. The van der Waals surface area contributed by atoms with E-state index in [2.05, 4.69) is 90.1 Å². The van der Waals surface area contributed by atoms with Gasteiger partial charge in [-0.25, -0.2) is 4.99 Å². The van der Waals surface area contributed by atoms with Crippen molar-refractivity contribution in [2.45, 2.75) is 241 Å². The standard InChI is InChI=1S/C53H88N2/c1-7-13-19-20-21-22-23-24-25-26-27-28-29-30-31-32-33-39-53(55-51-43-41-47(35-15-9-3)49(45-51)37-17-11-5)52(38-18-12-6)54-50-42-40-46(34-14-8-2)48(44-50)36-16-10-4/h33,39-45H,7-32,34-38H2,1-6H3. The van der Waals surface area contributed by atoms with E-state index in [9.17, 15) is 0 Å². The third-order valence-electron chi connectivity index (χ3n) is 11.4. The Kier molecular flexibility index (Phi) is 29.8. The molecule has 0 heterocycles. The van der Waals surface area contributed by atoms with Gasteiger partial charge in [0, 0.05) is 0 Å². The van der Waals surface area contributed by atoms with Crippen LogP contribution in [-0.2, 0) is 25.7 Å². The van der Waals surface area contributed by atoms with Crippen molar-refractivity contribution < 1.29 is 0 Å². The molecule has 2 heteroatoms. The van der Waals surface area contributed by atoms with Gasteiger partial charge in [0.05, 0.1) is 22.8 Å². The fourth-order valence-corrected chi connectivity index (χ4v) is 7.69. The van der Waals surface area contributed by atoms with Crippen molar-refractivity contribution in [1.29, 1.82) is 0 Å². The summed E-state index contributed by atoms with van der Waals surface area (Å²) in [5.74, 6) is 0. The first kappa shape index (κ1) is 48.7. The number of aliphatic imine (C=N–C) groups is 2. The zero-order valence-electron chi connectivity index (χ0n) is 37.4. The number of benzene rings is 2. The van der Waals surface area contributed by atoms with Crippen LogP contribution in [-0.4, -0.2) is 11.4 Å². The second-order valence-electron chi connectivity index (χ2n) is 16.6. The summed E-state index contributed by atoms with van der Waals surface area (Å²) in [6, 6.07) is 14.1. The van der Waals surface area contributed by atoms with Crippen LogP contribution in [0.2, 0.25) is 0 Å². The minimum Gasteiger partial charge on any atom is -0.251 e. The number of aryl methyl sites for hydroxylation is 4. The molecule has 2 aromatic rings.